The van der Waals surface area contributed by atoms with E-state index in [1.807, 2.05) is 58.3 Å². The number of carbonyl (C=O) groups is 2. The zero-order valence-corrected chi connectivity index (χ0v) is 14.9. The van der Waals surface area contributed by atoms with Gasteiger partial charge in [0.15, 0.2) is 0 Å². The fourth-order valence-corrected chi connectivity index (χ4v) is 4.06. The molecule has 1 spiro atoms. The zero-order chi connectivity index (χ0) is 18.1. The highest BCUT2D eigenvalue weighted by atomic mass is 16.5. The van der Waals surface area contributed by atoms with E-state index in [0.29, 0.717) is 37.4 Å². The van der Waals surface area contributed by atoms with Crippen molar-refractivity contribution in [3.8, 4) is 5.75 Å². The predicted octanol–water partition coefficient (Wildman–Crippen LogP) is 2.96. The van der Waals surface area contributed by atoms with Gasteiger partial charge >= 0.3 is 0 Å². The first-order valence-electron chi connectivity index (χ1n) is 8.89. The molecule has 5 heteroatoms. The van der Waals surface area contributed by atoms with E-state index in [-0.39, 0.29) is 17.2 Å². The molecule has 134 valence electrons. The van der Waals surface area contributed by atoms with Gasteiger partial charge in [0.1, 0.15) is 5.75 Å². The molecule has 2 aliphatic rings. The van der Waals surface area contributed by atoms with Crippen LogP contribution in [0.2, 0.25) is 0 Å². The summed E-state index contributed by atoms with van der Waals surface area (Å²) in [4.78, 5) is 29.2. The van der Waals surface area contributed by atoms with Gasteiger partial charge in [-0.2, -0.15) is 0 Å². The van der Waals surface area contributed by atoms with E-state index >= 15 is 0 Å². The highest BCUT2D eigenvalue weighted by molar-refractivity contribution is 5.97. The Hall–Kier alpha value is -2.82. The summed E-state index contributed by atoms with van der Waals surface area (Å²) in [5.41, 5.74) is 1.43. The number of benzene rings is 2. The van der Waals surface area contributed by atoms with Crippen molar-refractivity contribution in [1.82, 2.24) is 4.90 Å². The van der Waals surface area contributed by atoms with Gasteiger partial charge < -0.3 is 14.5 Å². The molecular weight excluding hydrogens is 328 g/mol. The third-order valence-electron chi connectivity index (χ3n) is 5.43. The molecule has 2 amide bonds. The SMILES string of the molecule is COc1cccc(C(=O)N2CCC3(CC(=O)N(c4ccccc4)C3)C2)c1. The number of amides is 2. The van der Waals surface area contributed by atoms with Crippen molar-refractivity contribution >= 4 is 17.5 Å². The largest absolute Gasteiger partial charge is 0.497 e. The van der Waals surface area contributed by atoms with Crippen LogP contribution < -0.4 is 9.64 Å². The molecule has 2 fully saturated rings. The first-order valence-corrected chi connectivity index (χ1v) is 8.89. The van der Waals surface area contributed by atoms with Crippen LogP contribution in [0.25, 0.3) is 0 Å². The van der Waals surface area contributed by atoms with Crippen LogP contribution in [0, 0.1) is 5.41 Å². The molecule has 1 atom stereocenters. The Balaban J connectivity index is 1.50. The number of ether oxygens (including phenoxy) is 1. The van der Waals surface area contributed by atoms with E-state index in [9.17, 15) is 9.59 Å². The smallest absolute Gasteiger partial charge is 0.254 e. The molecule has 4 rings (SSSR count). The monoisotopic (exact) mass is 350 g/mol. The number of nitrogens with zero attached hydrogens (tertiary/aromatic N) is 2. The summed E-state index contributed by atoms with van der Waals surface area (Å²) >= 11 is 0. The van der Waals surface area contributed by atoms with Crippen LogP contribution in [-0.4, -0.2) is 43.5 Å². The highest BCUT2D eigenvalue weighted by Gasteiger charge is 2.48. The number of likely N-dealkylation sites (tertiary alicyclic amines) is 1. The Kier molecular flexibility index (Phi) is 4.15. The molecule has 1 unspecified atom stereocenters. The molecule has 0 radical (unpaired) electrons. The van der Waals surface area contributed by atoms with Gasteiger partial charge in [0.25, 0.3) is 5.91 Å². The van der Waals surface area contributed by atoms with Crippen molar-refractivity contribution in [2.75, 3.05) is 31.6 Å². The van der Waals surface area contributed by atoms with Crippen LogP contribution >= 0.6 is 0 Å². The molecular formula is C21H22N2O3. The predicted molar refractivity (Wildman–Crippen MR) is 99.4 cm³/mol. The van der Waals surface area contributed by atoms with Crippen molar-refractivity contribution in [2.24, 2.45) is 5.41 Å². The van der Waals surface area contributed by atoms with Crippen LogP contribution in [0.3, 0.4) is 0 Å². The van der Waals surface area contributed by atoms with E-state index in [1.54, 1.807) is 13.2 Å². The van der Waals surface area contributed by atoms with E-state index in [1.165, 1.54) is 0 Å². The molecule has 2 aliphatic heterocycles. The Labute approximate surface area is 153 Å². The van der Waals surface area contributed by atoms with Crippen molar-refractivity contribution in [1.29, 1.82) is 0 Å². The lowest BCUT2D eigenvalue weighted by molar-refractivity contribution is -0.117. The number of rotatable bonds is 3. The van der Waals surface area contributed by atoms with Gasteiger partial charge in [0.2, 0.25) is 5.91 Å². The first-order chi connectivity index (χ1) is 12.6. The normalized spacial score (nSPS) is 22.3. The quantitative estimate of drug-likeness (QED) is 0.855. The van der Waals surface area contributed by atoms with Crippen molar-refractivity contribution in [3.05, 3.63) is 60.2 Å². The van der Waals surface area contributed by atoms with E-state index < -0.39 is 0 Å². The van der Waals surface area contributed by atoms with Gasteiger partial charge in [0.05, 0.1) is 7.11 Å². The molecule has 2 saturated heterocycles. The second kappa shape index (κ2) is 6.48. The molecule has 2 aromatic rings. The topological polar surface area (TPSA) is 49.9 Å². The zero-order valence-electron chi connectivity index (χ0n) is 14.9. The standard InChI is InChI=1S/C21H22N2O3/c1-26-18-9-5-6-16(12-18)20(25)22-11-10-21(14-22)13-19(24)23(15-21)17-7-3-2-4-8-17/h2-9,12H,10-11,13-15H2,1H3. The summed E-state index contributed by atoms with van der Waals surface area (Å²) < 4.78 is 5.22. The summed E-state index contributed by atoms with van der Waals surface area (Å²) in [5, 5.41) is 0. The number of anilines is 1. The van der Waals surface area contributed by atoms with E-state index in [0.717, 1.165) is 12.1 Å². The number of carbonyl (C=O) groups excluding carboxylic acids is 2. The Morgan fingerprint density at radius 1 is 1.08 bits per heavy atom. The summed E-state index contributed by atoms with van der Waals surface area (Å²) in [6, 6.07) is 17.0. The molecule has 0 N–H and O–H groups in total. The van der Waals surface area contributed by atoms with Gasteiger partial charge in [-0.05, 0) is 36.8 Å². The van der Waals surface area contributed by atoms with Gasteiger partial charge in [0, 0.05) is 42.7 Å². The van der Waals surface area contributed by atoms with E-state index in [2.05, 4.69) is 0 Å². The first kappa shape index (κ1) is 16.6. The Morgan fingerprint density at radius 3 is 2.65 bits per heavy atom. The Morgan fingerprint density at radius 2 is 1.88 bits per heavy atom. The van der Waals surface area contributed by atoms with Crippen LogP contribution in [0.5, 0.6) is 5.75 Å². The molecule has 0 bridgehead atoms. The van der Waals surface area contributed by atoms with Crippen molar-refractivity contribution < 1.29 is 14.3 Å². The average molecular weight is 350 g/mol. The maximum Gasteiger partial charge on any atom is 0.254 e. The van der Waals surface area contributed by atoms with Gasteiger partial charge in [-0.1, -0.05) is 24.3 Å². The van der Waals surface area contributed by atoms with Crippen molar-refractivity contribution in [2.45, 2.75) is 12.8 Å². The summed E-state index contributed by atoms with van der Waals surface area (Å²) in [7, 11) is 1.59. The van der Waals surface area contributed by atoms with Gasteiger partial charge in [-0.25, -0.2) is 0 Å². The number of hydrogen-bond donors (Lipinski definition) is 0. The third-order valence-corrected chi connectivity index (χ3v) is 5.43. The molecule has 0 saturated carbocycles. The molecule has 0 aromatic heterocycles. The Bertz CT molecular complexity index is 836. The molecule has 0 aliphatic carbocycles. The van der Waals surface area contributed by atoms with Crippen LogP contribution in [-0.2, 0) is 4.79 Å². The average Bonchev–Trinajstić information content (AvgIpc) is 3.24. The number of hydrogen-bond acceptors (Lipinski definition) is 3. The highest BCUT2D eigenvalue weighted by Crippen LogP contribution is 2.42. The number of methoxy groups -OCH3 is 1. The third kappa shape index (κ3) is 2.94. The minimum absolute atomic E-state index is 0.00591. The maximum atomic E-state index is 12.9. The molecule has 26 heavy (non-hydrogen) atoms. The lowest BCUT2D eigenvalue weighted by Gasteiger charge is -2.24. The van der Waals surface area contributed by atoms with E-state index in [4.69, 9.17) is 4.74 Å². The second-order valence-electron chi connectivity index (χ2n) is 7.20. The molecule has 2 aromatic carbocycles. The maximum absolute atomic E-state index is 12.9. The molecule has 2 heterocycles. The minimum Gasteiger partial charge on any atom is -0.497 e. The fourth-order valence-electron chi connectivity index (χ4n) is 4.06. The minimum atomic E-state index is -0.137. The lowest BCUT2D eigenvalue weighted by atomic mass is 9.86. The lowest BCUT2D eigenvalue weighted by Crippen LogP contribution is -2.34. The second-order valence-corrected chi connectivity index (χ2v) is 7.20. The summed E-state index contributed by atoms with van der Waals surface area (Å²) in [6.45, 7) is 1.99. The van der Waals surface area contributed by atoms with Gasteiger partial charge in [-0.15, -0.1) is 0 Å². The number of para-hydroxylation sites is 1. The van der Waals surface area contributed by atoms with Gasteiger partial charge in [-0.3, -0.25) is 9.59 Å². The van der Waals surface area contributed by atoms with Crippen LogP contribution in [0.4, 0.5) is 5.69 Å². The summed E-state index contributed by atoms with van der Waals surface area (Å²) in [5.74, 6) is 0.828. The van der Waals surface area contributed by atoms with Crippen LogP contribution in [0.15, 0.2) is 54.6 Å². The fraction of sp³-hybridized carbons (Fsp3) is 0.333. The van der Waals surface area contributed by atoms with Crippen molar-refractivity contribution in [3.63, 3.8) is 0 Å². The summed E-state index contributed by atoms with van der Waals surface area (Å²) in [6.07, 6.45) is 1.36. The molecule has 5 nitrogen and oxygen atoms in total. The van der Waals surface area contributed by atoms with Crippen LogP contribution in [0.1, 0.15) is 23.2 Å².